The first kappa shape index (κ1) is 39.7. The van der Waals surface area contributed by atoms with E-state index in [0.717, 1.165) is 207 Å². The van der Waals surface area contributed by atoms with Gasteiger partial charge in [-0.15, -0.1) is 0 Å². The van der Waals surface area contributed by atoms with E-state index >= 15 is 0 Å². The summed E-state index contributed by atoms with van der Waals surface area (Å²) < 4.78 is 54.8. The van der Waals surface area contributed by atoms with Crippen LogP contribution in [0.1, 0.15) is 193 Å². The van der Waals surface area contributed by atoms with Crippen molar-refractivity contribution in [1.82, 2.24) is 0 Å². The number of benzene rings is 1. The molecule has 7 nitrogen and oxygen atoms in total. The van der Waals surface area contributed by atoms with Crippen LogP contribution in [-0.4, -0.2) is 47.3 Å². The molecule has 1 atom stereocenters. The topological polar surface area (TPSA) is 67.9 Å². The Labute approximate surface area is 394 Å². The molecule has 1 aliphatic heterocycles. The Balaban J connectivity index is 0.907. The minimum atomic E-state index is -0.208. The Hall–Kier alpha value is -2.02. The molecule has 0 N–H and O–H groups in total. The van der Waals surface area contributed by atoms with E-state index in [2.05, 4.69) is 0 Å². The summed E-state index contributed by atoms with van der Waals surface area (Å²) in [6.07, 6.45) is 38.4. The van der Waals surface area contributed by atoms with E-state index in [4.69, 9.17) is 33.2 Å². The van der Waals surface area contributed by atoms with Crippen molar-refractivity contribution in [2.24, 2.45) is 88.8 Å². The van der Waals surface area contributed by atoms with Crippen LogP contribution in [0, 0.1) is 88.8 Å². The van der Waals surface area contributed by atoms with Gasteiger partial charge in [-0.05, 0) is 281 Å². The Morgan fingerprint density at radius 1 is 0.273 bits per heavy atom. The van der Waals surface area contributed by atoms with E-state index < -0.39 is 0 Å². The minimum absolute atomic E-state index is 0.104. The first-order valence-electron chi connectivity index (χ1n) is 29.0. The number of hydrogen-bond acceptors (Lipinski definition) is 7. The van der Waals surface area contributed by atoms with Crippen molar-refractivity contribution < 1.29 is 33.2 Å². The van der Waals surface area contributed by atoms with Gasteiger partial charge in [-0.25, -0.2) is 0 Å². The Kier molecular flexibility index (Phi) is 8.22. The molecule has 1 saturated heterocycles. The molecule has 66 heavy (non-hydrogen) atoms. The third kappa shape index (κ3) is 6.39. The lowest BCUT2D eigenvalue weighted by Gasteiger charge is -2.59. The molecule has 21 aliphatic rings. The largest absolute Gasteiger partial charge is 0.483 e. The highest BCUT2D eigenvalue weighted by molar-refractivity contribution is 5.74. The van der Waals surface area contributed by atoms with Gasteiger partial charge in [0.2, 0.25) is 34.5 Å². The molecule has 0 aromatic heterocycles. The standard InChI is InChI=1S/C59H80O7/c1-33-2-35-3-34(1)17-55(16-33,18-35)62-50-49(61-32-48-31-60-48)51(63-56-19-36-4-37(20-56)6-38(5-36)21-56)53(65-58-25-42-10-43(26-58)12-44(11-42)27-58)54(66-59-28-45-13-46(29-59)15-47(14-45)30-59)52(50)64-57-22-39-7-40(23-57)9-41(8-39)24-57/h33-48H,1-32H2. The lowest BCUT2D eigenvalue weighted by atomic mass is 9.54. The summed E-state index contributed by atoms with van der Waals surface area (Å²) in [7, 11) is 0. The molecule has 20 saturated carbocycles. The molecule has 358 valence electrons. The normalized spacial score (nSPS) is 54.9. The van der Waals surface area contributed by atoms with Crippen LogP contribution < -0.4 is 28.4 Å². The third-order valence-electron chi connectivity index (χ3n) is 23.6. The van der Waals surface area contributed by atoms with Gasteiger partial charge in [-0.2, -0.15) is 0 Å². The maximum atomic E-state index is 8.33. The van der Waals surface area contributed by atoms with Gasteiger partial charge >= 0.3 is 0 Å². The number of rotatable bonds is 13. The summed E-state index contributed by atoms with van der Waals surface area (Å²) >= 11 is 0. The molecule has 20 bridgehead atoms. The van der Waals surface area contributed by atoms with E-state index in [1.54, 1.807) is 0 Å². The highest BCUT2D eigenvalue weighted by atomic mass is 16.6. The number of epoxide rings is 1. The average Bonchev–Trinajstić information content (AvgIpc) is 4.05. The van der Waals surface area contributed by atoms with E-state index in [1.165, 1.54) is 116 Å². The third-order valence-corrected chi connectivity index (χ3v) is 23.6. The van der Waals surface area contributed by atoms with E-state index in [-0.39, 0.29) is 34.1 Å². The van der Waals surface area contributed by atoms with Crippen LogP contribution in [-0.2, 0) is 4.74 Å². The van der Waals surface area contributed by atoms with Gasteiger partial charge < -0.3 is 33.2 Å². The SMILES string of the molecule is C1C2CC3CC1CC(Oc1c(OCC4CO4)c(OC45CC6CC(CC(C6)C4)C5)c(OC45CC6CC(CC(C6)C4)C5)c(OC45CC6CC(CC(C6)C4)C5)c1OC14CC5CC(CC(C5)C1)C4)(C2)C3. The Bertz CT molecular complexity index is 1870. The zero-order valence-corrected chi connectivity index (χ0v) is 40.2. The first-order chi connectivity index (χ1) is 32.1. The lowest BCUT2D eigenvalue weighted by Crippen LogP contribution is -2.56. The van der Waals surface area contributed by atoms with Gasteiger partial charge in [0.25, 0.3) is 0 Å². The fraction of sp³-hybridized carbons (Fsp3) is 0.898. The quantitative estimate of drug-likeness (QED) is 0.183. The minimum Gasteiger partial charge on any atom is -0.483 e. The fourth-order valence-corrected chi connectivity index (χ4v) is 23.4. The molecule has 1 aromatic rings. The molecule has 0 amide bonds. The van der Waals surface area contributed by atoms with Crippen LogP contribution >= 0.6 is 0 Å². The maximum absolute atomic E-state index is 8.33. The van der Waals surface area contributed by atoms with Gasteiger partial charge in [0.1, 0.15) is 40.7 Å². The Morgan fingerprint density at radius 2 is 0.439 bits per heavy atom. The summed E-state index contributed by atoms with van der Waals surface area (Å²) in [5.74, 6) is 16.6. The number of ether oxygens (including phenoxy) is 7. The van der Waals surface area contributed by atoms with Crippen molar-refractivity contribution >= 4 is 0 Å². The second kappa shape index (κ2) is 13.7. The Morgan fingerprint density at radius 3 is 0.606 bits per heavy atom. The summed E-state index contributed by atoms with van der Waals surface area (Å²) in [6, 6.07) is 0. The van der Waals surface area contributed by atoms with Gasteiger partial charge in [-0.1, -0.05) is 0 Å². The van der Waals surface area contributed by atoms with Crippen molar-refractivity contribution in [3.05, 3.63) is 0 Å². The van der Waals surface area contributed by atoms with Crippen LogP contribution in [0.3, 0.4) is 0 Å². The van der Waals surface area contributed by atoms with E-state index in [1.807, 2.05) is 0 Å². The molecular weight excluding hydrogens is 821 g/mol. The molecule has 0 spiro atoms. The zero-order valence-electron chi connectivity index (χ0n) is 40.2. The summed E-state index contributed by atoms with van der Waals surface area (Å²) in [6.45, 7) is 1.27. The summed E-state index contributed by atoms with van der Waals surface area (Å²) in [5.41, 5.74) is -1.02. The molecule has 1 unspecified atom stereocenters. The van der Waals surface area contributed by atoms with Crippen LogP contribution in [0.4, 0.5) is 0 Å². The molecule has 22 rings (SSSR count). The zero-order chi connectivity index (χ0) is 42.8. The fourth-order valence-electron chi connectivity index (χ4n) is 23.4. The van der Waals surface area contributed by atoms with Crippen molar-refractivity contribution in [2.75, 3.05) is 13.2 Å². The molecule has 7 heteroatoms. The molecule has 20 aliphatic carbocycles. The molecule has 21 fully saturated rings. The maximum Gasteiger partial charge on any atom is 0.212 e. The second-order valence-electron chi connectivity index (χ2n) is 29.3. The van der Waals surface area contributed by atoms with Crippen LogP contribution in [0.15, 0.2) is 0 Å². The van der Waals surface area contributed by atoms with Crippen molar-refractivity contribution in [3.63, 3.8) is 0 Å². The first-order valence-corrected chi connectivity index (χ1v) is 29.0. The van der Waals surface area contributed by atoms with Gasteiger partial charge in [0.15, 0.2) is 0 Å². The van der Waals surface area contributed by atoms with E-state index in [9.17, 15) is 0 Å². The number of hydrogen-bond donors (Lipinski definition) is 0. The van der Waals surface area contributed by atoms with Crippen molar-refractivity contribution in [3.8, 4) is 34.5 Å². The van der Waals surface area contributed by atoms with Gasteiger partial charge in [-0.3, -0.25) is 0 Å². The van der Waals surface area contributed by atoms with Crippen LogP contribution in [0.25, 0.3) is 0 Å². The van der Waals surface area contributed by atoms with Gasteiger partial charge in [0, 0.05) is 0 Å². The second-order valence-corrected chi connectivity index (χ2v) is 29.3. The molecular formula is C59H80O7. The smallest absolute Gasteiger partial charge is 0.212 e. The average molecular weight is 901 g/mol. The summed E-state index contributed by atoms with van der Waals surface area (Å²) in [5, 5.41) is 0. The molecule has 1 aromatic carbocycles. The highest BCUT2D eigenvalue weighted by Gasteiger charge is 2.61. The highest BCUT2D eigenvalue weighted by Crippen LogP contribution is 2.70. The molecule has 1 heterocycles. The van der Waals surface area contributed by atoms with Crippen LogP contribution in [0.5, 0.6) is 34.5 Å². The van der Waals surface area contributed by atoms with Crippen LogP contribution in [0.2, 0.25) is 0 Å². The van der Waals surface area contributed by atoms with Crippen molar-refractivity contribution in [1.29, 1.82) is 0 Å². The predicted molar refractivity (Wildman–Crippen MR) is 249 cm³/mol. The van der Waals surface area contributed by atoms with Crippen molar-refractivity contribution in [2.45, 2.75) is 227 Å². The monoisotopic (exact) mass is 901 g/mol. The summed E-state index contributed by atoms with van der Waals surface area (Å²) in [4.78, 5) is 0. The predicted octanol–water partition coefficient (Wildman–Crippen LogP) is 13.2. The molecule has 0 radical (unpaired) electrons. The van der Waals surface area contributed by atoms with Gasteiger partial charge in [0.05, 0.1) is 6.61 Å². The lowest BCUT2D eigenvalue weighted by molar-refractivity contribution is -0.135. The van der Waals surface area contributed by atoms with E-state index in [0.29, 0.717) is 6.61 Å².